The minimum absolute atomic E-state index is 0.113. The Morgan fingerprint density at radius 2 is 2.15 bits per heavy atom. The van der Waals surface area contributed by atoms with Crippen LogP contribution in [0, 0.1) is 0 Å². The zero-order valence-electron chi connectivity index (χ0n) is 11.7. The summed E-state index contributed by atoms with van der Waals surface area (Å²) < 4.78 is 31.4. The lowest BCUT2D eigenvalue weighted by Crippen LogP contribution is -2.39. The largest absolute Gasteiger partial charge is 0.388 e. The van der Waals surface area contributed by atoms with Gasteiger partial charge in [0, 0.05) is 25.9 Å². The highest BCUT2D eigenvalue weighted by atomic mass is 32.2. The van der Waals surface area contributed by atoms with Crippen LogP contribution < -0.4 is 5.73 Å². The number of nitrogens with two attached hydrogens (primary N) is 1. The molecule has 0 saturated carbocycles. The summed E-state index contributed by atoms with van der Waals surface area (Å²) in [6.07, 6.45) is 1.27. The van der Waals surface area contributed by atoms with Crippen LogP contribution in [0.5, 0.6) is 0 Å². The first kappa shape index (κ1) is 17.0. The molecule has 0 aromatic carbocycles. The lowest BCUT2D eigenvalue weighted by Gasteiger charge is -2.25. The zero-order valence-corrected chi connectivity index (χ0v) is 13.4. The van der Waals surface area contributed by atoms with Gasteiger partial charge in [-0.25, -0.2) is 8.42 Å². The Kier molecular flexibility index (Phi) is 6.00. The number of aromatic nitrogens is 1. The second-order valence-electron chi connectivity index (χ2n) is 4.45. The van der Waals surface area contributed by atoms with Crippen molar-refractivity contribution in [2.45, 2.75) is 24.8 Å². The third kappa shape index (κ3) is 3.95. The predicted octanol–water partition coefficient (Wildman–Crippen LogP) is 0.761. The van der Waals surface area contributed by atoms with Crippen LogP contribution in [0.25, 0.3) is 0 Å². The molecule has 0 fully saturated rings. The third-order valence-corrected chi connectivity index (χ3v) is 4.96. The highest BCUT2D eigenvalue weighted by molar-refractivity contribution is 7.89. The van der Waals surface area contributed by atoms with Crippen LogP contribution in [0.2, 0.25) is 0 Å². The van der Waals surface area contributed by atoms with Crippen LogP contribution in [0.15, 0.2) is 23.2 Å². The molecule has 0 bridgehead atoms. The van der Waals surface area contributed by atoms with E-state index in [2.05, 4.69) is 4.98 Å². The molecule has 0 amide bonds. The fourth-order valence-electron chi connectivity index (χ4n) is 1.65. The van der Waals surface area contributed by atoms with E-state index in [0.29, 0.717) is 12.3 Å². The lowest BCUT2D eigenvalue weighted by atomic mass is 10.3. The van der Waals surface area contributed by atoms with E-state index in [1.807, 2.05) is 13.8 Å². The summed E-state index contributed by atoms with van der Waals surface area (Å²) in [6, 6.07) is 2.79. The molecule has 0 radical (unpaired) electrons. The molecule has 0 saturated heterocycles. The number of hydrogen-bond donors (Lipinski definition) is 1. The monoisotopic (exact) mass is 317 g/mol. The van der Waals surface area contributed by atoms with E-state index in [4.69, 9.17) is 22.7 Å². The van der Waals surface area contributed by atoms with Crippen molar-refractivity contribution in [1.82, 2.24) is 9.29 Å². The molecule has 1 aromatic heterocycles. The van der Waals surface area contributed by atoms with Crippen LogP contribution in [0.3, 0.4) is 0 Å². The van der Waals surface area contributed by atoms with E-state index in [-0.39, 0.29) is 22.5 Å². The molecule has 20 heavy (non-hydrogen) atoms. The molecular weight excluding hydrogens is 298 g/mol. The van der Waals surface area contributed by atoms with Gasteiger partial charge in [-0.15, -0.1) is 0 Å². The van der Waals surface area contributed by atoms with Crippen molar-refractivity contribution < 1.29 is 13.2 Å². The van der Waals surface area contributed by atoms with E-state index in [1.165, 1.54) is 29.7 Å². The molecule has 0 aliphatic rings. The molecule has 0 aliphatic carbocycles. The Balaban J connectivity index is 3.09. The maximum absolute atomic E-state index is 12.5. The van der Waals surface area contributed by atoms with Gasteiger partial charge in [0.05, 0.1) is 12.3 Å². The fraction of sp³-hybridized carbons (Fsp3) is 0.500. The fourth-order valence-corrected chi connectivity index (χ4v) is 3.34. The first-order valence-corrected chi connectivity index (χ1v) is 7.92. The van der Waals surface area contributed by atoms with Crippen molar-refractivity contribution in [3.8, 4) is 0 Å². The van der Waals surface area contributed by atoms with Gasteiger partial charge in [0.1, 0.15) is 9.88 Å². The van der Waals surface area contributed by atoms with E-state index >= 15 is 0 Å². The maximum atomic E-state index is 12.5. The minimum Gasteiger partial charge on any atom is -0.388 e. The average Bonchev–Trinajstić information content (AvgIpc) is 2.38. The topological polar surface area (TPSA) is 85.5 Å². The number of nitrogens with zero attached hydrogens (tertiary/aromatic N) is 2. The van der Waals surface area contributed by atoms with Gasteiger partial charge in [0.2, 0.25) is 10.0 Å². The molecule has 1 rings (SSSR count). The Morgan fingerprint density at radius 1 is 1.50 bits per heavy atom. The predicted molar refractivity (Wildman–Crippen MR) is 81.0 cm³/mol. The molecule has 112 valence electrons. The minimum atomic E-state index is -3.61. The molecule has 2 N–H and O–H groups in total. The van der Waals surface area contributed by atoms with Gasteiger partial charge >= 0.3 is 0 Å². The normalized spacial score (nSPS) is 12.1. The Hall–Kier alpha value is -1.09. The Morgan fingerprint density at radius 3 is 2.55 bits per heavy atom. The summed E-state index contributed by atoms with van der Waals surface area (Å²) in [4.78, 5) is 4.21. The van der Waals surface area contributed by atoms with Crippen LogP contribution in [0.1, 0.15) is 19.5 Å². The summed E-state index contributed by atoms with van der Waals surface area (Å²) in [5, 5.41) is 0. The van der Waals surface area contributed by atoms with Gasteiger partial charge in [-0.2, -0.15) is 4.31 Å². The Bertz CT molecular complexity index is 556. The number of ether oxygens (including phenoxy) is 1. The highest BCUT2D eigenvalue weighted by Gasteiger charge is 2.27. The second-order valence-corrected chi connectivity index (χ2v) is 6.78. The summed E-state index contributed by atoms with van der Waals surface area (Å²) in [5.74, 6) is 0. The van der Waals surface area contributed by atoms with Crippen molar-refractivity contribution >= 4 is 27.2 Å². The molecule has 0 unspecified atom stereocenters. The average molecular weight is 317 g/mol. The lowest BCUT2D eigenvalue weighted by molar-refractivity contribution is 0.171. The molecule has 8 heteroatoms. The van der Waals surface area contributed by atoms with Gasteiger partial charge in [-0.05, 0) is 26.0 Å². The number of hydrogen-bond acceptors (Lipinski definition) is 5. The molecular formula is C12H19N3O3S2. The van der Waals surface area contributed by atoms with E-state index in [1.54, 1.807) is 0 Å². The van der Waals surface area contributed by atoms with Crippen LogP contribution in [-0.2, 0) is 14.8 Å². The van der Waals surface area contributed by atoms with Crippen molar-refractivity contribution in [2.24, 2.45) is 5.73 Å². The standard InChI is InChI=1S/C12H19N3O3S2/c1-9(2)15(6-7-18-3)20(16,17)10-4-5-11(12(13)19)14-8-10/h4-5,8-9H,6-7H2,1-3H3,(H2,13,19). The van der Waals surface area contributed by atoms with Crippen LogP contribution >= 0.6 is 12.2 Å². The second kappa shape index (κ2) is 7.07. The summed E-state index contributed by atoms with van der Waals surface area (Å²) in [7, 11) is -2.08. The SMILES string of the molecule is COCCN(C(C)C)S(=O)(=O)c1ccc(C(N)=S)nc1. The molecule has 1 heterocycles. The van der Waals surface area contributed by atoms with E-state index in [9.17, 15) is 8.42 Å². The quantitative estimate of drug-likeness (QED) is 0.747. The summed E-state index contributed by atoms with van der Waals surface area (Å²) >= 11 is 4.79. The molecule has 6 nitrogen and oxygen atoms in total. The molecule has 1 aromatic rings. The maximum Gasteiger partial charge on any atom is 0.244 e. The summed E-state index contributed by atoms with van der Waals surface area (Å²) in [6.45, 7) is 4.23. The third-order valence-electron chi connectivity index (χ3n) is 2.69. The van der Waals surface area contributed by atoms with Gasteiger partial charge < -0.3 is 10.5 Å². The van der Waals surface area contributed by atoms with Gasteiger partial charge in [0.25, 0.3) is 0 Å². The van der Waals surface area contributed by atoms with E-state index < -0.39 is 10.0 Å². The van der Waals surface area contributed by atoms with Crippen molar-refractivity contribution in [1.29, 1.82) is 0 Å². The Labute approximate surface area is 125 Å². The number of pyridine rings is 1. The number of rotatable bonds is 7. The zero-order chi connectivity index (χ0) is 15.3. The first-order valence-electron chi connectivity index (χ1n) is 6.07. The molecule has 0 atom stereocenters. The van der Waals surface area contributed by atoms with Crippen molar-refractivity contribution in [3.63, 3.8) is 0 Å². The number of methoxy groups -OCH3 is 1. The number of sulfonamides is 1. The van der Waals surface area contributed by atoms with Crippen LogP contribution in [-0.4, -0.2) is 49.0 Å². The smallest absolute Gasteiger partial charge is 0.244 e. The van der Waals surface area contributed by atoms with Gasteiger partial charge in [-0.3, -0.25) is 4.98 Å². The molecule has 0 spiro atoms. The number of thiocarbonyl (C=S) groups is 1. The van der Waals surface area contributed by atoms with Gasteiger partial charge in [0.15, 0.2) is 0 Å². The highest BCUT2D eigenvalue weighted by Crippen LogP contribution is 2.17. The van der Waals surface area contributed by atoms with Crippen molar-refractivity contribution in [2.75, 3.05) is 20.3 Å². The molecule has 0 aliphatic heterocycles. The first-order chi connectivity index (χ1) is 9.30. The van der Waals surface area contributed by atoms with E-state index in [0.717, 1.165) is 0 Å². The summed E-state index contributed by atoms with van der Waals surface area (Å²) in [5.41, 5.74) is 5.83. The van der Waals surface area contributed by atoms with Crippen LogP contribution in [0.4, 0.5) is 0 Å². The van der Waals surface area contributed by atoms with Crippen molar-refractivity contribution in [3.05, 3.63) is 24.0 Å². The van der Waals surface area contributed by atoms with Gasteiger partial charge in [-0.1, -0.05) is 12.2 Å².